The summed E-state index contributed by atoms with van der Waals surface area (Å²) in [4.78, 5) is 53.2. The number of para-hydroxylation sites is 2. The van der Waals surface area contributed by atoms with Crippen LogP contribution in [0.25, 0.3) is 0 Å². The molecule has 4 heterocycles. The molecule has 0 bridgehead atoms. The van der Waals surface area contributed by atoms with Crippen molar-refractivity contribution >= 4 is 52.9 Å². The van der Waals surface area contributed by atoms with Crippen LogP contribution in [-0.2, 0) is 30.8 Å². The number of anilines is 2. The molecule has 0 aromatic heterocycles. The van der Waals surface area contributed by atoms with Crippen molar-refractivity contribution in [3.05, 3.63) is 124 Å². The maximum Gasteiger partial charge on any atom is 0.261 e. The summed E-state index contributed by atoms with van der Waals surface area (Å²) < 4.78 is 30.6. The van der Waals surface area contributed by atoms with Crippen molar-refractivity contribution in [3.63, 3.8) is 0 Å². The Kier molecular flexibility index (Phi) is 11.8. The van der Waals surface area contributed by atoms with E-state index in [0.29, 0.717) is 96.5 Å². The fourth-order valence-corrected chi connectivity index (χ4v) is 8.61. The number of nitrogens with zero attached hydrogens (tertiary/aromatic N) is 4. The van der Waals surface area contributed by atoms with Crippen LogP contribution in [0, 0.1) is 0 Å². The molecule has 1 N–H and O–H groups in total. The zero-order valence-corrected chi connectivity index (χ0v) is 35.6. The lowest BCUT2D eigenvalue weighted by atomic mass is 10.1. The fourth-order valence-electron chi connectivity index (χ4n) is 8.61. The Labute approximate surface area is 366 Å². The molecule has 0 radical (unpaired) electrons. The zero-order chi connectivity index (χ0) is 43.5. The van der Waals surface area contributed by atoms with Crippen LogP contribution in [0.2, 0.25) is 0 Å². The number of unbranched alkanes of at least 4 members (excludes halogenated alkanes) is 1. The highest BCUT2D eigenvalue weighted by atomic mass is 16.5. The van der Waals surface area contributed by atoms with E-state index in [-0.39, 0.29) is 43.0 Å². The number of aliphatic imine (C=N–C) groups is 2. The number of nitrogens with one attached hydrogen (secondary N) is 1. The molecule has 2 atom stereocenters. The predicted octanol–water partition coefficient (Wildman–Crippen LogP) is 8.51. The van der Waals surface area contributed by atoms with E-state index in [1.54, 1.807) is 48.3 Å². The van der Waals surface area contributed by atoms with Gasteiger partial charge in [-0.2, -0.15) is 0 Å². The Hall–Kier alpha value is -7.15. The van der Waals surface area contributed by atoms with E-state index >= 15 is 0 Å². The third kappa shape index (κ3) is 8.42. The molecule has 5 aromatic rings. The molecule has 9 rings (SSSR count). The first kappa shape index (κ1) is 41.2. The molecule has 0 spiro atoms. The molecule has 3 amide bonds. The van der Waals surface area contributed by atoms with Gasteiger partial charge in [-0.25, -0.2) is 0 Å². The van der Waals surface area contributed by atoms with Gasteiger partial charge in [-0.05, 0) is 84.0 Å². The normalized spacial score (nSPS) is 16.5. The van der Waals surface area contributed by atoms with Crippen LogP contribution in [0.1, 0.15) is 75.6 Å². The van der Waals surface area contributed by atoms with E-state index in [2.05, 4.69) is 5.32 Å². The van der Waals surface area contributed by atoms with Gasteiger partial charge in [0.1, 0.15) is 19.0 Å². The molecule has 4 aliphatic heterocycles. The van der Waals surface area contributed by atoms with E-state index in [9.17, 15) is 14.4 Å². The van der Waals surface area contributed by atoms with Gasteiger partial charge in [0.15, 0.2) is 23.0 Å². The van der Waals surface area contributed by atoms with E-state index in [1.165, 1.54) is 0 Å². The van der Waals surface area contributed by atoms with E-state index in [0.717, 1.165) is 40.0 Å². The highest BCUT2D eigenvalue weighted by molar-refractivity contribution is 6.15. The second kappa shape index (κ2) is 18.1. The van der Waals surface area contributed by atoms with Crippen LogP contribution in [0.5, 0.6) is 28.7 Å². The van der Waals surface area contributed by atoms with Crippen molar-refractivity contribution in [2.75, 3.05) is 37.2 Å². The van der Waals surface area contributed by atoms with Crippen LogP contribution in [-0.4, -0.2) is 69.6 Å². The van der Waals surface area contributed by atoms with Gasteiger partial charge in [-0.3, -0.25) is 34.2 Å². The van der Waals surface area contributed by atoms with Gasteiger partial charge in [0.05, 0.1) is 55.4 Å². The van der Waals surface area contributed by atoms with Crippen LogP contribution in [0.15, 0.2) is 101 Å². The standard InChI is InChI=1S/C50H49N5O8/c1-4-16-51-48(56)15-9-10-17-61-37-19-31(29-62-46-25-40-38(23-44(46)59-2)49(57)54-35(27-52-40)21-33-11-5-7-13-42(33)54)18-32(20-37)30-63-47-26-41-39(24-45(47)60-3)50(58)55-36(28-53-41)22-34-12-6-8-14-43(34)55/h5-8,11-14,18-20,23-28,35-36H,4,9-10,15-17,21-22,29-30H2,1-3H3,(H,51,56). The Bertz CT molecular complexity index is 2480. The lowest BCUT2D eigenvalue weighted by Gasteiger charge is -2.22. The predicted molar refractivity (Wildman–Crippen MR) is 242 cm³/mol. The number of carbonyl (C=O) groups is 3. The third-order valence-corrected chi connectivity index (χ3v) is 11.7. The molecular formula is C50H49N5O8. The van der Waals surface area contributed by atoms with Crippen LogP contribution in [0.3, 0.4) is 0 Å². The number of ether oxygens (including phenoxy) is 5. The Morgan fingerprint density at radius 1 is 0.667 bits per heavy atom. The lowest BCUT2D eigenvalue weighted by Crippen LogP contribution is -2.37. The van der Waals surface area contributed by atoms with Crippen molar-refractivity contribution in [3.8, 4) is 28.7 Å². The van der Waals surface area contributed by atoms with Crippen LogP contribution < -0.4 is 38.8 Å². The summed E-state index contributed by atoms with van der Waals surface area (Å²) >= 11 is 0. The minimum absolute atomic E-state index is 0.0402. The van der Waals surface area contributed by atoms with E-state index in [4.69, 9.17) is 33.7 Å². The first-order valence-electron chi connectivity index (χ1n) is 21.4. The number of amides is 3. The summed E-state index contributed by atoms with van der Waals surface area (Å²) in [6.07, 6.45) is 7.76. The molecule has 322 valence electrons. The van der Waals surface area contributed by atoms with Gasteiger partial charge in [-0.15, -0.1) is 0 Å². The van der Waals surface area contributed by atoms with Crippen molar-refractivity contribution < 1.29 is 38.1 Å². The SMILES string of the molecule is CCCNC(=O)CCCCOc1cc(COc2cc3c(cc2OC)C(=O)N2c4ccccc4CC2C=N3)cc(COc2cc3c(cc2OC)C(=O)N2c4ccccc4CC2C=N3)c1. The lowest BCUT2D eigenvalue weighted by molar-refractivity contribution is -0.121. The van der Waals surface area contributed by atoms with Gasteiger partial charge in [0.2, 0.25) is 5.91 Å². The summed E-state index contributed by atoms with van der Waals surface area (Å²) in [7, 11) is 3.09. The molecule has 5 aromatic carbocycles. The maximum atomic E-state index is 14.0. The first-order valence-corrected chi connectivity index (χ1v) is 21.4. The van der Waals surface area contributed by atoms with Gasteiger partial charge in [-0.1, -0.05) is 43.3 Å². The number of hydrogen-bond acceptors (Lipinski definition) is 10. The van der Waals surface area contributed by atoms with E-state index < -0.39 is 0 Å². The molecule has 2 unspecified atom stereocenters. The molecule has 0 saturated heterocycles. The quantitative estimate of drug-likeness (QED) is 0.0976. The number of benzene rings is 5. The number of carbonyl (C=O) groups excluding carboxylic acids is 3. The van der Waals surface area contributed by atoms with Crippen molar-refractivity contribution in [2.45, 2.75) is 70.7 Å². The van der Waals surface area contributed by atoms with Gasteiger partial charge < -0.3 is 29.0 Å². The number of rotatable bonds is 16. The van der Waals surface area contributed by atoms with Crippen molar-refractivity contribution in [1.29, 1.82) is 0 Å². The molecule has 0 fully saturated rings. The number of methoxy groups -OCH3 is 2. The number of hydrogen-bond donors (Lipinski definition) is 1. The third-order valence-electron chi connectivity index (χ3n) is 11.7. The smallest absolute Gasteiger partial charge is 0.261 e. The highest BCUT2D eigenvalue weighted by Gasteiger charge is 2.38. The molecular weight excluding hydrogens is 799 g/mol. The summed E-state index contributed by atoms with van der Waals surface area (Å²) in [5.41, 5.74) is 7.46. The topological polar surface area (TPSA) is 141 Å². The molecule has 13 nitrogen and oxygen atoms in total. The van der Waals surface area contributed by atoms with Gasteiger partial charge in [0.25, 0.3) is 11.8 Å². The molecule has 13 heteroatoms. The average Bonchev–Trinajstić information content (AvgIpc) is 3.80. The summed E-state index contributed by atoms with van der Waals surface area (Å²) in [5.74, 6) is 2.04. The van der Waals surface area contributed by atoms with Gasteiger partial charge >= 0.3 is 0 Å². The number of fused-ring (bicyclic) bond motifs is 8. The summed E-state index contributed by atoms with van der Waals surface area (Å²) in [5, 5.41) is 2.92. The molecule has 0 aliphatic carbocycles. The summed E-state index contributed by atoms with van der Waals surface area (Å²) in [6, 6.07) is 28.2. The Morgan fingerprint density at radius 2 is 1.19 bits per heavy atom. The molecule has 4 aliphatic rings. The molecule has 63 heavy (non-hydrogen) atoms. The maximum absolute atomic E-state index is 14.0. The largest absolute Gasteiger partial charge is 0.494 e. The minimum Gasteiger partial charge on any atom is -0.494 e. The first-order chi connectivity index (χ1) is 30.8. The van der Waals surface area contributed by atoms with Gasteiger partial charge in [0, 0.05) is 61.7 Å². The van der Waals surface area contributed by atoms with Crippen molar-refractivity contribution in [2.24, 2.45) is 9.98 Å². The highest BCUT2D eigenvalue weighted by Crippen LogP contribution is 2.43. The Balaban J connectivity index is 0.943. The molecule has 0 saturated carbocycles. The zero-order valence-electron chi connectivity index (χ0n) is 35.6. The minimum atomic E-state index is -0.184. The average molecular weight is 848 g/mol. The van der Waals surface area contributed by atoms with E-state index in [1.807, 2.05) is 86.1 Å². The van der Waals surface area contributed by atoms with Crippen molar-refractivity contribution in [1.82, 2.24) is 5.32 Å². The summed E-state index contributed by atoms with van der Waals surface area (Å²) in [6.45, 7) is 3.37. The second-order valence-corrected chi connectivity index (χ2v) is 16.0. The van der Waals surface area contributed by atoms with Crippen LogP contribution in [0.4, 0.5) is 22.7 Å². The Morgan fingerprint density at radius 3 is 1.70 bits per heavy atom. The van der Waals surface area contributed by atoms with Crippen LogP contribution >= 0.6 is 0 Å². The second-order valence-electron chi connectivity index (χ2n) is 16.0. The monoisotopic (exact) mass is 847 g/mol. The fraction of sp³-hybridized carbons (Fsp3) is 0.300.